The molecule has 0 radical (unpaired) electrons. The smallest absolute Gasteiger partial charge is 0.326 e. The van der Waals surface area contributed by atoms with Crippen molar-refractivity contribution in [3.63, 3.8) is 0 Å². The van der Waals surface area contributed by atoms with Crippen molar-refractivity contribution >= 4 is 21.8 Å². The highest BCUT2D eigenvalue weighted by atomic mass is 32.2. The van der Waals surface area contributed by atoms with Gasteiger partial charge in [-0.1, -0.05) is 91.0 Å². The number of urea groups is 1. The predicted octanol–water partition coefficient (Wildman–Crippen LogP) is 2.42. The molecule has 0 aromatic heterocycles. The van der Waals surface area contributed by atoms with E-state index in [1.165, 1.54) is 4.90 Å². The Morgan fingerprint density at radius 2 is 1.38 bits per heavy atom. The molecule has 2 fully saturated rings. The summed E-state index contributed by atoms with van der Waals surface area (Å²) in [6.45, 7) is 0.836. The zero-order valence-electron chi connectivity index (χ0n) is 22.2. The third-order valence-electron chi connectivity index (χ3n) is 8.36. The van der Waals surface area contributed by atoms with Crippen LogP contribution in [0.5, 0.6) is 0 Å². The average Bonchev–Trinajstić information content (AvgIpc) is 3.31. The second kappa shape index (κ2) is 10.1. The van der Waals surface area contributed by atoms with Crippen LogP contribution in [0.2, 0.25) is 0 Å². The lowest BCUT2D eigenvalue weighted by atomic mass is 9.53. The van der Waals surface area contributed by atoms with Gasteiger partial charge in [0.1, 0.15) is 12.3 Å². The van der Waals surface area contributed by atoms with Gasteiger partial charge >= 0.3 is 6.03 Å². The lowest BCUT2D eigenvalue weighted by Crippen LogP contribution is -2.68. The molecule has 1 unspecified atom stereocenters. The Morgan fingerprint density at radius 1 is 0.925 bits per heavy atom. The molecule has 0 bridgehead atoms. The molecule has 0 saturated carbocycles. The molecule has 2 saturated heterocycles. The quantitative estimate of drug-likeness (QED) is 0.376. The van der Waals surface area contributed by atoms with Crippen LogP contribution in [0.3, 0.4) is 0 Å². The number of rotatable bonds is 7. The van der Waals surface area contributed by atoms with Crippen molar-refractivity contribution in [2.75, 3.05) is 19.4 Å². The van der Waals surface area contributed by atoms with Gasteiger partial charge in [0.05, 0.1) is 17.4 Å². The van der Waals surface area contributed by atoms with E-state index in [9.17, 15) is 28.2 Å². The van der Waals surface area contributed by atoms with E-state index in [1.54, 1.807) is 6.92 Å². The van der Waals surface area contributed by atoms with Gasteiger partial charge in [0.15, 0.2) is 14.8 Å². The van der Waals surface area contributed by atoms with Gasteiger partial charge in [0.25, 0.3) is 0 Å². The first-order valence-corrected chi connectivity index (χ1v) is 14.8. The summed E-state index contributed by atoms with van der Waals surface area (Å²) in [7, 11) is -4.10. The van der Waals surface area contributed by atoms with Crippen molar-refractivity contribution in [3.05, 3.63) is 108 Å². The van der Waals surface area contributed by atoms with E-state index in [0.717, 1.165) is 22.9 Å². The number of hydrogen-bond donors (Lipinski definition) is 3. The number of nitrogens with one attached hydrogen (secondary N) is 1. The molecule has 2 heterocycles. The Balaban J connectivity index is 1.72. The summed E-state index contributed by atoms with van der Waals surface area (Å²) in [6, 6.07) is 27.9. The number of nitrogens with zero attached hydrogens (tertiary/aromatic N) is 1. The number of amides is 3. The first-order chi connectivity index (χ1) is 19.0. The minimum Gasteiger partial charge on any atom is -0.394 e. The summed E-state index contributed by atoms with van der Waals surface area (Å²) < 4.78 is 30.8. The maximum atomic E-state index is 14.1. The summed E-state index contributed by atoms with van der Waals surface area (Å²) in [6.07, 6.45) is -2.31. The number of carbonyl (C=O) groups excluding carboxylic acids is 2. The van der Waals surface area contributed by atoms with Crippen LogP contribution in [0.1, 0.15) is 30.0 Å². The lowest BCUT2D eigenvalue weighted by Gasteiger charge is -2.53. The minimum atomic E-state index is -4.10. The Bertz CT molecular complexity index is 1400. The number of imide groups is 1. The van der Waals surface area contributed by atoms with Crippen molar-refractivity contribution in [1.82, 2.24) is 10.2 Å². The molecule has 40 heavy (non-hydrogen) atoms. The van der Waals surface area contributed by atoms with E-state index < -0.39 is 62.9 Å². The summed E-state index contributed by atoms with van der Waals surface area (Å²) in [4.78, 5) is 26.2. The number of aliphatic hydroxyl groups excluding tert-OH is 1. The topological polar surface area (TPSA) is 133 Å². The SMILES string of the molecule is CC1(C(c2ccccc2)(c2ccccc2)c2ccccc2)CN([C@H]2C[C@@](O)(S(C)(=O)=O)[C@@H](CO)O2)C(=O)NC1=O. The van der Waals surface area contributed by atoms with Crippen molar-refractivity contribution in [2.24, 2.45) is 5.41 Å². The number of aliphatic hydroxyl groups is 2. The van der Waals surface area contributed by atoms with Gasteiger partial charge in [-0.2, -0.15) is 0 Å². The second-order valence-electron chi connectivity index (χ2n) is 10.7. The number of hydrogen-bond acceptors (Lipinski definition) is 7. The highest BCUT2D eigenvalue weighted by Gasteiger charge is 2.63. The van der Waals surface area contributed by atoms with Gasteiger partial charge in [-0.25, -0.2) is 13.2 Å². The first kappa shape index (κ1) is 28.0. The lowest BCUT2D eigenvalue weighted by molar-refractivity contribution is -0.140. The van der Waals surface area contributed by atoms with E-state index in [4.69, 9.17) is 4.74 Å². The van der Waals surface area contributed by atoms with Crippen LogP contribution in [-0.4, -0.2) is 72.1 Å². The Kier molecular flexibility index (Phi) is 7.08. The molecule has 3 aromatic rings. The summed E-state index contributed by atoms with van der Waals surface area (Å²) in [5.41, 5.74) is -0.0239. The molecule has 5 rings (SSSR count). The van der Waals surface area contributed by atoms with E-state index in [2.05, 4.69) is 5.32 Å². The maximum absolute atomic E-state index is 14.1. The van der Waals surface area contributed by atoms with Crippen LogP contribution in [0.4, 0.5) is 4.79 Å². The molecular formula is C30H32N2O7S. The Labute approximate surface area is 233 Å². The maximum Gasteiger partial charge on any atom is 0.326 e. The molecule has 4 atom stereocenters. The summed E-state index contributed by atoms with van der Waals surface area (Å²) in [5.74, 6) is -0.514. The Hall–Kier alpha value is -3.57. The van der Waals surface area contributed by atoms with Crippen LogP contribution in [-0.2, 0) is 24.8 Å². The highest BCUT2D eigenvalue weighted by Crippen LogP contribution is 2.54. The molecule has 0 spiro atoms. The fraction of sp³-hybridized carbons (Fsp3) is 0.333. The van der Waals surface area contributed by atoms with Gasteiger partial charge in [-0.05, 0) is 23.6 Å². The van der Waals surface area contributed by atoms with Crippen LogP contribution in [0, 0.1) is 5.41 Å². The zero-order chi connectivity index (χ0) is 28.8. The molecule has 210 valence electrons. The molecule has 3 aromatic carbocycles. The van der Waals surface area contributed by atoms with Gasteiger partial charge in [-0.3, -0.25) is 15.0 Å². The van der Waals surface area contributed by atoms with Gasteiger partial charge in [-0.15, -0.1) is 0 Å². The molecule has 2 aliphatic heterocycles. The second-order valence-corrected chi connectivity index (χ2v) is 12.9. The van der Waals surface area contributed by atoms with Crippen molar-refractivity contribution in [1.29, 1.82) is 0 Å². The monoisotopic (exact) mass is 564 g/mol. The van der Waals surface area contributed by atoms with Crippen molar-refractivity contribution in [3.8, 4) is 0 Å². The molecule has 2 aliphatic rings. The van der Waals surface area contributed by atoms with Gasteiger partial charge < -0.3 is 14.9 Å². The van der Waals surface area contributed by atoms with Crippen LogP contribution >= 0.6 is 0 Å². The van der Waals surface area contributed by atoms with Gasteiger partial charge in [0, 0.05) is 19.2 Å². The largest absolute Gasteiger partial charge is 0.394 e. The highest BCUT2D eigenvalue weighted by molar-refractivity contribution is 7.92. The fourth-order valence-corrected chi connectivity index (χ4v) is 7.37. The van der Waals surface area contributed by atoms with E-state index >= 15 is 0 Å². The Morgan fingerprint density at radius 3 is 1.75 bits per heavy atom. The predicted molar refractivity (Wildman–Crippen MR) is 148 cm³/mol. The molecule has 0 aliphatic carbocycles. The molecule has 3 N–H and O–H groups in total. The van der Waals surface area contributed by atoms with Crippen LogP contribution < -0.4 is 5.32 Å². The number of ether oxygens (including phenoxy) is 1. The number of carbonyl (C=O) groups is 2. The molecule has 3 amide bonds. The standard InChI is InChI=1S/C30H32N2O7S/c1-28(20-32(27(35)31-26(28)34)25-18-29(36,40(2,37)38)24(19-33)39-25)30(21-12-6-3-7-13-21,22-14-8-4-9-15-22)23-16-10-5-11-17-23/h3-17,24-25,33,36H,18-20H2,1-2H3,(H,31,34,35)/t24-,25-,28?,29-/m1/s1. The molecular weight excluding hydrogens is 532 g/mol. The minimum absolute atomic E-state index is 0.168. The van der Waals surface area contributed by atoms with E-state index in [-0.39, 0.29) is 6.54 Å². The average molecular weight is 565 g/mol. The van der Waals surface area contributed by atoms with Crippen molar-refractivity contribution in [2.45, 2.75) is 36.0 Å². The van der Waals surface area contributed by atoms with Crippen LogP contribution in [0.15, 0.2) is 91.0 Å². The first-order valence-electron chi connectivity index (χ1n) is 13.0. The van der Waals surface area contributed by atoms with E-state index in [1.807, 2.05) is 91.0 Å². The summed E-state index contributed by atoms with van der Waals surface area (Å²) in [5, 5.41) is 23.4. The van der Waals surface area contributed by atoms with Gasteiger partial charge in [0.2, 0.25) is 5.91 Å². The fourth-order valence-electron chi connectivity index (χ4n) is 6.32. The number of benzene rings is 3. The third kappa shape index (κ3) is 4.14. The number of sulfone groups is 1. The third-order valence-corrected chi connectivity index (χ3v) is 10.1. The summed E-state index contributed by atoms with van der Waals surface area (Å²) >= 11 is 0. The molecule has 10 heteroatoms. The molecule has 9 nitrogen and oxygen atoms in total. The van der Waals surface area contributed by atoms with Crippen LogP contribution in [0.25, 0.3) is 0 Å². The van der Waals surface area contributed by atoms with E-state index in [0.29, 0.717) is 0 Å². The van der Waals surface area contributed by atoms with Crippen molar-refractivity contribution < 1.29 is 33.0 Å². The normalized spacial score (nSPS) is 27.4. The zero-order valence-corrected chi connectivity index (χ0v) is 23.0.